The van der Waals surface area contributed by atoms with Crippen LogP contribution in [0.1, 0.15) is 23.7 Å². The van der Waals surface area contributed by atoms with Crippen molar-refractivity contribution in [3.63, 3.8) is 0 Å². The molecule has 0 fully saturated rings. The molecule has 1 amide bonds. The second kappa shape index (κ2) is 5.69. The molecule has 0 aliphatic carbocycles. The summed E-state index contributed by atoms with van der Waals surface area (Å²) < 4.78 is 22.5. The first-order chi connectivity index (χ1) is 8.34. The summed E-state index contributed by atoms with van der Waals surface area (Å²) in [6.45, 7) is 1.81. The molecular weight excluding hydrogens is 250 g/mol. The maximum atomic E-state index is 11.8. The Morgan fingerprint density at radius 2 is 1.94 bits per heavy atom. The summed E-state index contributed by atoms with van der Waals surface area (Å²) in [6, 6.07) is 5.67. The van der Waals surface area contributed by atoms with Crippen LogP contribution in [-0.4, -0.2) is 26.6 Å². The van der Waals surface area contributed by atoms with Crippen molar-refractivity contribution in [3.8, 4) is 12.3 Å². The van der Waals surface area contributed by atoms with E-state index in [1.54, 1.807) is 0 Å². The lowest BCUT2D eigenvalue weighted by Crippen LogP contribution is -2.32. The number of hydrogen-bond acceptors (Lipinski definition) is 3. The number of rotatable bonds is 4. The predicted octanol–water partition coefficient (Wildman–Crippen LogP) is 1.23. The third kappa shape index (κ3) is 3.90. The van der Waals surface area contributed by atoms with Crippen molar-refractivity contribution < 1.29 is 13.2 Å². The van der Waals surface area contributed by atoms with Crippen LogP contribution in [0, 0.1) is 12.3 Å². The van der Waals surface area contributed by atoms with Gasteiger partial charge in [-0.2, -0.15) is 0 Å². The number of carbonyl (C=O) groups is 1. The molecule has 0 aromatic heterocycles. The Morgan fingerprint density at radius 1 is 1.39 bits per heavy atom. The summed E-state index contributed by atoms with van der Waals surface area (Å²) >= 11 is 0. The van der Waals surface area contributed by atoms with Crippen molar-refractivity contribution in [3.05, 3.63) is 29.8 Å². The number of amides is 1. The summed E-state index contributed by atoms with van der Waals surface area (Å²) in [6.07, 6.45) is 6.72. The lowest BCUT2D eigenvalue weighted by Gasteiger charge is -2.10. The van der Waals surface area contributed by atoms with E-state index in [0.29, 0.717) is 12.0 Å². The Morgan fingerprint density at radius 3 is 2.39 bits per heavy atom. The fourth-order valence-electron chi connectivity index (χ4n) is 1.39. The van der Waals surface area contributed by atoms with Crippen LogP contribution in [0.4, 0.5) is 0 Å². The molecule has 0 aliphatic heterocycles. The van der Waals surface area contributed by atoms with Gasteiger partial charge in [-0.25, -0.2) is 8.42 Å². The van der Waals surface area contributed by atoms with E-state index in [0.717, 1.165) is 6.26 Å². The minimum atomic E-state index is -3.24. The first-order valence-electron chi connectivity index (χ1n) is 5.39. The highest BCUT2D eigenvalue weighted by molar-refractivity contribution is 7.90. The van der Waals surface area contributed by atoms with E-state index in [4.69, 9.17) is 6.42 Å². The Balaban J connectivity index is 2.81. The van der Waals surface area contributed by atoms with Crippen LogP contribution in [0.3, 0.4) is 0 Å². The van der Waals surface area contributed by atoms with Gasteiger partial charge in [0.15, 0.2) is 9.84 Å². The normalized spacial score (nSPS) is 12.5. The van der Waals surface area contributed by atoms with Gasteiger partial charge in [-0.3, -0.25) is 4.79 Å². The van der Waals surface area contributed by atoms with Gasteiger partial charge in [-0.05, 0) is 31.2 Å². The Labute approximate surface area is 107 Å². The van der Waals surface area contributed by atoms with Crippen molar-refractivity contribution in [1.82, 2.24) is 5.32 Å². The quantitative estimate of drug-likeness (QED) is 0.833. The van der Waals surface area contributed by atoms with Crippen LogP contribution in [-0.2, 0) is 9.84 Å². The fourth-order valence-corrected chi connectivity index (χ4v) is 2.02. The SMILES string of the molecule is C#CCC(C)NC(=O)c1ccc(S(C)(=O)=O)cc1. The molecule has 1 atom stereocenters. The third-order valence-corrected chi connectivity index (χ3v) is 3.47. The van der Waals surface area contributed by atoms with Crippen LogP contribution in [0.2, 0.25) is 0 Å². The van der Waals surface area contributed by atoms with Crippen molar-refractivity contribution >= 4 is 15.7 Å². The van der Waals surface area contributed by atoms with Crippen molar-refractivity contribution in [1.29, 1.82) is 0 Å². The smallest absolute Gasteiger partial charge is 0.251 e. The fraction of sp³-hybridized carbons (Fsp3) is 0.308. The van der Waals surface area contributed by atoms with E-state index in [9.17, 15) is 13.2 Å². The van der Waals surface area contributed by atoms with Gasteiger partial charge in [0, 0.05) is 24.3 Å². The molecule has 1 unspecified atom stereocenters. The van der Waals surface area contributed by atoms with Crippen molar-refractivity contribution in [2.75, 3.05) is 6.26 Å². The summed E-state index contributed by atoms with van der Waals surface area (Å²) in [5, 5.41) is 2.72. The monoisotopic (exact) mass is 265 g/mol. The van der Waals surface area contributed by atoms with Gasteiger partial charge in [-0.1, -0.05) is 0 Å². The first kappa shape index (κ1) is 14.3. The molecule has 0 spiro atoms. The molecule has 1 N–H and O–H groups in total. The number of terminal acetylenes is 1. The molecule has 5 heteroatoms. The summed E-state index contributed by atoms with van der Waals surface area (Å²) in [4.78, 5) is 12.0. The number of carbonyl (C=O) groups excluding carboxylic acids is 1. The second-order valence-electron chi connectivity index (χ2n) is 4.08. The van der Waals surface area contributed by atoms with Crippen molar-refractivity contribution in [2.24, 2.45) is 0 Å². The van der Waals surface area contributed by atoms with Crippen LogP contribution < -0.4 is 5.32 Å². The topological polar surface area (TPSA) is 63.2 Å². The van der Waals surface area contributed by atoms with E-state index in [1.165, 1.54) is 24.3 Å². The van der Waals surface area contributed by atoms with Crippen LogP contribution in [0.15, 0.2) is 29.2 Å². The average molecular weight is 265 g/mol. The van der Waals surface area contributed by atoms with Gasteiger partial charge >= 0.3 is 0 Å². The summed E-state index contributed by atoms with van der Waals surface area (Å²) in [5.74, 6) is 2.19. The lowest BCUT2D eigenvalue weighted by atomic mass is 10.2. The minimum absolute atomic E-state index is 0.114. The van der Waals surface area contributed by atoms with Gasteiger partial charge in [0.1, 0.15) is 0 Å². The zero-order valence-electron chi connectivity index (χ0n) is 10.3. The number of nitrogens with one attached hydrogen (secondary N) is 1. The van der Waals surface area contributed by atoms with Gasteiger partial charge in [0.2, 0.25) is 0 Å². The molecule has 0 bridgehead atoms. The summed E-state index contributed by atoms with van der Waals surface area (Å²) in [7, 11) is -3.24. The highest BCUT2D eigenvalue weighted by Crippen LogP contribution is 2.10. The lowest BCUT2D eigenvalue weighted by molar-refractivity contribution is 0.0941. The van der Waals surface area contributed by atoms with E-state index in [1.807, 2.05) is 6.92 Å². The highest BCUT2D eigenvalue weighted by Gasteiger charge is 2.11. The molecule has 0 radical (unpaired) electrons. The molecule has 1 rings (SSSR count). The zero-order chi connectivity index (χ0) is 13.8. The van der Waals surface area contributed by atoms with E-state index in [-0.39, 0.29) is 16.8 Å². The molecule has 0 heterocycles. The van der Waals surface area contributed by atoms with Gasteiger partial charge in [-0.15, -0.1) is 12.3 Å². The van der Waals surface area contributed by atoms with E-state index in [2.05, 4.69) is 11.2 Å². The molecule has 18 heavy (non-hydrogen) atoms. The number of hydrogen-bond donors (Lipinski definition) is 1. The minimum Gasteiger partial charge on any atom is -0.349 e. The summed E-state index contributed by atoms with van der Waals surface area (Å²) in [5.41, 5.74) is 0.409. The van der Waals surface area contributed by atoms with Crippen LogP contribution in [0.25, 0.3) is 0 Å². The molecular formula is C13H15NO3S. The Hall–Kier alpha value is -1.80. The highest BCUT2D eigenvalue weighted by atomic mass is 32.2. The first-order valence-corrected chi connectivity index (χ1v) is 7.28. The zero-order valence-corrected chi connectivity index (χ0v) is 11.1. The third-order valence-electron chi connectivity index (χ3n) is 2.35. The number of sulfone groups is 1. The predicted molar refractivity (Wildman–Crippen MR) is 69.9 cm³/mol. The van der Waals surface area contributed by atoms with Gasteiger partial charge in [0.25, 0.3) is 5.91 Å². The van der Waals surface area contributed by atoms with Crippen LogP contribution >= 0.6 is 0 Å². The van der Waals surface area contributed by atoms with E-state index >= 15 is 0 Å². The second-order valence-corrected chi connectivity index (χ2v) is 6.10. The largest absolute Gasteiger partial charge is 0.349 e. The molecule has 96 valence electrons. The average Bonchev–Trinajstić information content (AvgIpc) is 2.28. The molecule has 0 aliphatic rings. The molecule has 1 aromatic carbocycles. The van der Waals surface area contributed by atoms with Gasteiger partial charge in [0.05, 0.1) is 4.90 Å². The standard InChI is InChI=1S/C13H15NO3S/c1-4-5-10(2)14-13(15)11-6-8-12(9-7-11)18(3,16)17/h1,6-10H,5H2,2-3H3,(H,14,15). The van der Waals surface area contributed by atoms with E-state index < -0.39 is 9.84 Å². The maximum absolute atomic E-state index is 11.8. The molecule has 1 aromatic rings. The van der Waals surface area contributed by atoms with Gasteiger partial charge < -0.3 is 5.32 Å². The number of benzene rings is 1. The Bertz CT molecular complexity index is 567. The molecule has 4 nitrogen and oxygen atoms in total. The Kier molecular flexibility index (Phi) is 4.51. The maximum Gasteiger partial charge on any atom is 0.251 e. The van der Waals surface area contributed by atoms with Crippen molar-refractivity contribution in [2.45, 2.75) is 24.3 Å². The molecule has 0 saturated carbocycles. The van der Waals surface area contributed by atoms with Crippen LogP contribution in [0.5, 0.6) is 0 Å². The molecule has 0 saturated heterocycles.